The third kappa shape index (κ3) is 3.87. The number of aryl methyl sites for hydroxylation is 2. The van der Waals surface area contributed by atoms with Crippen LogP contribution in [0.15, 0.2) is 65.1 Å². The van der Waals surface area contributed by atoms with Gasteiger partial charge in [0.2, 0.25) is 5.91 Å². The van der Waals surface area contributed by atoms with Gasteiger partial charge in [-0.15, -0.1) is 0 Å². The Bertz CT molecular complexity index is 1140. The smallest absolute Gasteiger partial charge is 0.255 e. The van der Waals surface area contributed by atoms with Crippen molar-refractivity contribution in [2.24, 2.45) is 0 Å². The summed E-state index contributed by atoms with van der Waals surface area (Å²) >= 11 is 3.49. The molecule has 0 spiro atoms. The number of nitrogens with one attached hydrogen (secondary N) is 1. The van der Waals surface area contributed by atoms with Crippen molar-refractivity contribution in [2.45, 2.75) is 19.9 Å². The monoisotopic (exact) mass is 466 g/mol. The van der Waals surface area contributed by atoms with Crippen LogP contribution in [-0.4, -0.2) is 23.3 Å². The number of nitrogens with zero attached hydrogens (tertiary/aromatic N) is 1. The highest BCUT2D eigenvalue weighted by atomic mass is 79.9. The summed E-state index contributed by atoms with van der Waals surface area (Å²) in [5, 5.41) is 2.89. The first-order chi connectivity index (χ1) is 14.3. The molecule has 3 aromatic carbocycles. The molecular weight excluding hydrogens is 447 g/mol. The van der Waals surface area contributed by atoms with Crippen molar-refractivity contribution in [3.05, 3.63) is 98.8 Å². The third-order valence-corrected chi connectivity index (χ3v) is 5.90. The molecule has 0 unspecified atom stereocenters. The number of rotatable bonds is 2. The van der Waals surface area contributed by atoms with Crippen LogP contribution in [0.3, 0.4) is 0 Å². The van der Waals surface area contributed by atoms with Crippen LogP contribution in [0, 0.1) is 19.7 Å². The Morgan fingerprint density at radius 3 is 2.47 bits per heavy atom. The molecule has 2 amide bonds. The Kier molecular flexibility index (Phi) is 5.43. The van der Waals surface area contributed by atoms with Crippen molar-refractivity contribution in [3.8, 4) is 0 Å². The van der Waals surface area contributed by atoms with Gasteiger partial charge in [0, 0.05) is 21.3 Å². The van der Waals surface area contributed by atoms with Gasteiger partial charge >= 0.3 is 0 Å². The van der Waals surface area contributed by atoms with Crippen molar-refractivity contribution in [3.63, 3.8) is 0 Å². The van der Waals surface area contributed by atoms with E-state index in [9.17, 15) is 14.0 Å². The summed E-state index contributed by atoms with van der Waals surface area (Å²) in [5.74, 6) is -0.890. The van der Waals surface area contributed by atoms with E-state index in [2.05, 4.69) is 21.2 Å². The predicted octanol–water partition coefficient (Wildman–Crippen LogP) is 5.39. The fraction of sp³-hybridized carbons (Fsp3) is 0.167. The van der Waals surface area contributed by atoms with E-state index in [1.165, 1.54) is 12.1 Å². The lowest BCUT2D eigenvalue weighted by Crippen LogP contribution is -2.39. The van der Waals surface area contributed by atoms with Gasteiger partial charge in [0.05, 0.1) is 6.04 Å². The molecule has 6 heteroatoms. The highest BCUT2D eigenvalue weighted by Gasteiger charge is 2.34. The van der Waals surface area contributed by atoms with E-state index in [4.69, 9.17) is 0 Å². The van der Waals surface area contributed by atoms with E-state index in [1.54, 1.807) is 29.2 Å². The molecular formula is C24H20BrFN2O2. The maximum atomic E-state index is 13.6. The van der Waals surface area contributed by atoms with E-state index in [0.717, 1.165) is 26.7 Å². The van der Waals surface area contributed by atoms with E-state index in [-0.39, 0.29) is 24.2 Å². The van der Waals surface area contributed by atoms with E-state index in [1.807, 2.05) is 38.1 Å². The fourth-order valence-corrected chi connectivity index (χ4v) is 4.09. The van der Waals surface area contributed by atoms with E-state index >= 15 is 0 Å². The summed E-state index contributed by atoms with van der Waals surface area (Å²) in [6, 6.07) is 16.5. The second-order valence-electron chi connectivity index (χ2n) is 7.47. The van der Waals surface area contributed by atoms with Gasteiger partial charge in [-0.2, -0.15) is 0 Å². The molecule has 1 heterocycles. The van der Waals surface area contributed by atoms with Gasteiger partial charge in [0.25, 0.3) is 5.91 Å². The quantitative estimate of drug-likeness (QED) is 0.550. The van der Waals surface area contributed by atoms with Crippen LogP contribution in [0.1, 0.15) is 38.7 Å². The van der Waals surface area contributed by atoms with Crippen molar-refractivity contribution in [1.82, 2.24) is 4.90 Å². The number of hydrogen-bond donors (Lipinski definition) is 1. The summed E-state index contributed by atoms with van der Waals surface area (Å²) in [5.41, 5.74) is 4.72. The second kappa shape index (κ2) is 8.03. The van der Waals surface area contributed by atoms with Crippen molar-refractivity contribution < 1.29 is 14.0 Å². The van der Waals surface area contributed by atoms with Crippen LogP contribution >= 0.6 is 15.9 Å². The Morgan fingerprint density at radius 1 is 1.03 bits per heavy atom. The lowest BCUT2D eigenvalue weighted by Gasteiger charge is -2.31. The Labute approximate surface area is 182 Å². The maximum Gasteiger partial charge on any atom is 0.255 e. The molecule has 1 aliphatic rings. The molecule has 0 bridgehead atoms. The molecule has 152 valence electrons. The number of halogens is 2. The number of amides is 2. The molecule has 0 saturated carbocycles. The molecule has 3 aromatic rings. The Morgan fingerprint density at radius 2 is 1.77 bits per heavy atom. The zero-order valence-electron chi connectivity index (χ0n) is 16.6. The highest BCUT2D eigenvalue weighted by Crippen LogP contribution is 2.38. The number of anilines is 1. The number of carbonyl (C=O) groups is 2. The van der Waals surface area contributed by atoms with Crippen LogP contribution in [0.5, 0.6) is 0 Å². The van der Waals surface area contributed by atoms with Crippen molar-refractivity contribution in [1.29, 1.82) is 0 Å². The maximum absolute atomic E-state index is 13.6. The van der Waals surface area contributed by atoms with Gasteiger partial charge in [-0.1, -0.05) is 34.1 Å². The standard InChI is InChI=1S/C24H20BrFN2O2/c1-14-3-4-17(11-15(14)2)24(30)28-13-22(29)27-21-10-7-18(25)12-20(21)23(28)16-5-8-19(26)9-6-16/h3-12,23H,13H2,1-2H3,(H,27,29)/t23-/m0/s1. The van der Waals surface area contributed by atoms with Crippen LogP contribution in [0.25, 0.3) is 0 Å². The average Bonchev–Trinajstić information content (AvgIpc) is 2.86. The van der Waals surface area contributed by atoms with Gasteiger partial charge in [-0.25, -0.2) is 4.39 Å². The summed E-state index contributed by atoms with van der Waals surface area (Å²) < 4.78 is 14.4. The number of fused-ring (bicyclic) bond motifs is 1. The third-order valence-electron chi connectivity index (χ3n) is 5.41. The largest absolute Gasteiger partial charge is 0.324 e. The number of carbonyl (C=O) groups excluding carboxylic acids is 2. The van der Waals surface area contributed by atoms with Crippen LogP contribution in [0.2, 0.25) is 0 Å². The van der Waals surface area contributed by atoms with Gasteiger partial charge in [-0.3, -0.25) is 9.59 Å². The summed E-state index contributed by atoms with van der Waals surface area (Å²) in [6.45, 7) is 3.82. The van der Waals surface area contributed by atoms with Crippen LogP contribution in [-0.2, 0) is 4.79 Å². The molecule has 30 heavy (non-hydrogen) atoms. The molecule has 1 atom stereocenters. The van der Waals surface area contributed by atoms with Crippen LogP contribution < -0.4 is 5.32 Å². The minimum absolute atomic E-state index is 0.111. The van der Waals surface area contributed by atoms with Gasteiger partial charge < -0.3 is 10.2 Å². The molecule has 0 radical (unpaired) electrons. The summed E-state index contributed by atoms with van der Waals surface area (Å²) in [6.07, 6.45) is 0. The number of benzene rings is 3. The molecule has 1 aliphatic heterocycles. The molecule has 1 N–H and O–H groups in total. The van der Waals surface area contributed by atoms with Gasteiger partial charge in [-0.05, 0) is 73.0 Å². The van der Waals surface area contributed by atoms with E-state index in [0.29, 0.717) is 11.3 Å². The van der Waals surface area contributed by atoms with Crippen molar-refractivity contribution in [2.75, 3.05) is 11.9 Å². The minimum atomic E-state index is -0.550. The molecule has 0 fully saturated rings. The molecule has 0 saturated heterocycles. The minimum Gasteiger partial charge on any atom is -0.324 e. The first-order valence-corrected chi connectivity index (χ1v) is 10.4. The van der Waals surface area contributed by atoms with Gasteiger partial charge in [0.1, 0.15) is 12.4 Å². The van der Waals surface area contributed by atoms with Gasteiger partial charge in [0.15, 0.2) is 0 Å². The molecule has 4 rings (SSSR count). The van der Waals surface area contributed by atoms with Crippen molar-refractivity contribution >= 4 is 33.4 Å². The van der Waals surface area contributed by atoms with Crippen LogP contribution in [0.4, 0.5) is 10.1 Å². The van der Waals surface area contributed by atoms with E-state index < -0.39 is 6.04 Å². The summed E-state index contributed by atoms with van der Waals surface area (Å²) in [4.78, 5) is 27.8. The molecule has 0 aromatic heterocycles. The number of hydrogen-bond acceptors (Lipinski definition) is 2. The first-order valence-electron chi connectivity index (χ1n) is 9.56. The fourth-order valence-electron chi connectivity index (χ4n) is 3.71. The SMILES string of the molecule is Cc1ccc(C(=O)N2CC(=O)Nc3ccc(Br)cc3[C@@H]2c2ccc(F)cc2)cc1C. The topological polar surface area (TPSA) is 49.4 Å². The molecule has 0 aliphatic carbocycles. The highest BCUT2D eigenvalue weighted by molar-refractivity contribution is 9.10. The normalized spacial score (nSPS) is 15.9. The zero-order valence-corrected chi connectivity index (χ0v) is 18.2. The molecule has 4 nitrogen and oxygen atoms in total. The lowest BCUT2D eigenvalue weighted by atomic mass is 9.95. The summed E-state index contributed by atoms with van der Waals surface area (Å²) in [7, 11) is 0. The Balaban J connectivity index is 1.89. The lowest BCUT2D eigenvalue weighted by molar-refractivity contribution is -0.117. The first kappa shape index (κ1) is 20.3. The average molecular weight is 467 g/mol. The predicted molar refractivity (Wildman–Crippen MR) is 118 cm³/mol. The second-order valence-corrected chi connectivity index (χ2v) is 8.38. The Hall–Kier alpha value is -2.99. The zero-order chi connectivity index (χ0) is 21.4.